The maximum Gasteiger partial charge on any atom is 0.416 e. The molecule has 0 aromatic heterocycles. The second kappa shape index (κ2) is 7.17. The Kier molecular flexibility index (Phi) is 5.87. The van der Waals surface area contributed by atoms with Crippen LogP contribution in [-0.4, -0.2) is 13.1 Å². The Hall–Kier alpha value is -1.51. The molecule has 5 heteroatoms. The molecule has 0 heterocycles. The highest BCUT2D eigenvalue weighted by Crippen LogP contribution is 2.30. The van der Waals surface area contributed by atoms with E-state index in [2.05, 4.69) is 17.2 Å². The van der Waals surface area contributed by atoms with Crippen LogP contribution in [-0.2, 0) is 6.18 Å². The number of hydrogen-bond acceptors (Lipinski definition) is 2. The zero-order valence-corrected chi connectivity index (χ0v) is 10.7. The van der Waals surface area contributed by atoms with Crippen molar-refractivity contribution in [2.75, 3.05) is 13.1 Å². The smallest absolute Gasteiger partial charge is 0.329 e. The van der Waals surface area contributed by atoms with E-state index in [9.17, 15) is 13.2 Å². The van der Waals surface area contributed by atoms with Gasteiger partial charge in [-0.15, -0.1) is 11.8 Å². The molecule has 0 aliphatic rings. The third kappa shape index (κ3) is 4.93. The molecule has 0 saturated carbocycles. The predicted octanol–water partition coefficient (Wildman–Crippen LogP) is 2.71. The fourth-order valence-corrected chi connectivity index (χ4v) is 1.70. The summed E-state index contributed by atoms with van der Waals surface area (Å²) in [6, 6.07) is 4.94. The molecular weight excluding hydrogens is 253 g/mol. The first kappa shape index (κ1) is 15.5. The Morgan fingerprint density at radius 1 is 1.37 bits per heavy atom. The highest BCUT2D eigenvalue weighted by molar-refractivity contribution is 5.28. The molecule has 3 N–H and O–H groups in total. The van der Waals surface area contributed by atoms with Crippen LogP contribution >= 0.6 is 0 Å². The van der Waals surface area contributed by atoms with Gasteiger partial charge in [-0.3, -0.25) is 0 Å². The maximum absolute atomic E-state index is 12.6. The molecule has 0 spiro atoms. The minimum Gasteiger partial charge on any atom is -0.329 e. The van der Waals surface area contributed by atoms with Gasteiger partial charge < -0.3 is 11.1 Å². The topological polar surface area (TPSA) is 38.0 Å². The van der Waals surface area contributed by atoms with Gasteiger partial charge in [-0.2, -0.15) is 13.2 Å². The van der Waals surface area contributed by atoms with Gasteiger partial charge in [-0.05, 0) is 24.6 Å². The molecule has 1 unspecified atom stereocenters. The number of hydrogen-bond donors (Lipinski definition) is 2. The first-order chi connectivity index (χ1) is 8.99. The van der Waals surface area contributed by atoms with Gasteiger partial charge in [-0.1, -0.05) is 12.1 Å². The average Bonchev–Trinajstić information content (AvgIpc) is 2.38. The van der Waals surface area contributed by atoms with Crippen LogP contribution in [0.15, 0.2) is 24.3 Å². The standard InChI is InChI=1S/C14H17F3N2/c1-2-3-4-8-19-13(10-18)11-6-5-7-12(9-11)14(15,16)17/h5-7,9,13,19H,4,8,10,18H2,1H3. The Morgan fingerprint density at radius 3 is 2.68 bits per heavy atom. The molecule has 2 nitrogen and oxygen atoms in total. The summed E-state index contributed by atoms with van der Waals surface area (Å²) in [6.07, 6.45) is -3.69. The molecule has 0 radical (unpaired) electrons. The summed E-state index contributed by atoms with van der Waals surface area (Å²) in [4.78, 5) is 0. The van der Waals surface area contributed by atoms with Gasteiger partial charge in [0.25, 0.3) is 0 Å². The third-order valence-corrected chi connectivity index (χ3v) is 2.67. The van der Waals surface area contributed by atoms with Crippen LogP contribution in [0.5, 0.6) is 0 Å². The van der Waals surface area contributed by atoms with Crippen molar-refractivity contribution in [3.05, 3.63) is 35.4 Å². The largest absolute Gasteiger partial charge is 0.416 e. The second-order valence-electron chi connectivity index (χ2n) is 4.04. The lowest BCUT2D eigenvalue weighted by Crippen LogP contribution is -2.29. The van der Waals surface area contributed by atoms with Crippen LogP contribution < -0.4 is 11.1 Å². The Bertz CT molecular complexity index is 458. The van der Waals surface area contributed by atoms with Gasteiger partial charge in [0, 0.05) is 25.6 Å². The number of nitrogens with one attached hydrogen (secondary N) is 1. The van der Waals surface area contributed by atoms with E-state index < -0.39 is 11.7 Å². The van der Waals surface area contributed by atoms with E-state index >= 15 is 0 Å². The van der Waals surface area contributed by atoms with E-state index in [1.165, 1.54) is 6.07 Å². The summed E-state index contributed by atoms with van der Waals surface area (Å²) in [7, 11) is 0. The van der Waals surface area contributed by atoms with Gasteiger partial charge in [0.15, 0.2) is 0 Å². The van der Waals surface area contributed by atoms with Gasteiger partial charge in [0.2, 0.25) is 0 Å². The van der Waals surface area contributed by atoms with Crippen molar-refractivity contribution >= 4 is 0 Å². The van der Waals surface area contributed by atoms with Crippen LogP contribution in [0.3, 0.4) is 0 Å². The molecule has 104 valence electrons. The minimum atomic E-state index is -4.33. The second-order valence-corrected chi connectivity index (χ2v) is 4.04. The molecule has 0 bridgehead atoms. The summed E-state index contributed by atoms with van der Waals surface area (Å²) in [5.41, 5.74) is 5.49. The van der Waals surface area contributed by atoms with Crippen LogP contribution in [0.1, 0.15) is 30.5 Å². The number of rotatable bonds is 5. The van der Waals surface area contributed by atoms with Crippen molar-refractivity contribution in [1.29, 1.82) is 0 Å². The van der Waals surface area contributed by atoms with Crippen molar-refractivity contribution in [3.63, 3.8) is 0 Å². The van der Waals surface area contributed by atoms with E-state index in [0.717, 1.165) is 12.1 Å². The minimum absolute atomic E-state index is 0.237. The molecule has 1 atom stereocenters. The molecule has 19 heavy (non-hydrogen) atoms. The normalized spacial score (nSPS) is 12.7. The zero-order valence-electron chi connectivity index (χ0n) is 10.7. The molecule has 1 aromatic carbocycles. The molecule has 0 aliphatic carbocycles. The van der Waals surface area contributed by atoms with E-state index in [4.69, 9.17) is 5.73 Å². The molecule has 0 amide bonds. The van der Waals surface area contributed by atoms with Gasteiger partial charge in [-0.25, -0.2) is 0 Å². The molecule has 0 fully saturated rings. The highest BCUT2D eigenvalue weighted by Gasteiger charge is 2.30. The lowest BCUT2D eigenvalue weighted by atomic mass is 10.0. The molecule has 0 aliphatic heterocycles. The van der Waals surface area contributed by atoms with Crippen molar-refractivity contribution in [2.24, 2.45) is 5.73 Å². The first-order valence-corrected chi connectivity index (χ1v) is 5.99. The molecule has 0 saturated heterocycles. The Labute approximate surface area is 111 Å². The zero-order chi connectivity index (χ0) is 14.3. The van der Waals surface area contributed by atoms with Crippen molar-refractivity contribution in [2.45, 2.75) is 25.6 Å². The monoisotopic (exact) mass is 270 g/mol. The van der Waals surface area contributed by atoms with Crippen LogP contribution in [0.4, 0.5) is 13.2 Å². The molecule has 1 rings (SSSR count). The highest BCUT2D eigenvalue weighted by atomic mass is 19.4. The Balaban J connectivity index is 2.77. The van der Waals surface area contributed by atoms with Crippen molar-refractivity contribution in [3.8, 4) is 11.8 Å². The van der Waals surface area contributed by atoms with E-state index in [1.54, 1.807) is 13.0 Å². The molecule has 1 aromatic rings. The fourth-order valence-electron chi connectivity index (χ4n) is 1.70. The number of nitrogens with two attached hydrogens (primary N) is 1. The molecular formula is C14H17F3N2. The van der Waals surface area contributed by atoms with Crippen LogP contribution in [0, 0.1) is 11.8 Å². The van der Waals surface area contributed by atoms with Gasteiger partial charge in [0.1, 0.15) is 0 Å². The lowest BCUT2D eigenvalue weighted by Gasteiger charge is -2.18. The summed E-state index contributed by atoms with van der Waals surface area (Å²) >= 11 is 0. The van der Waals surface area contributed by atoms with E-state index in [-0.39, 0.29) is 12.6 Å². The van der Waals surface area contributed by atoms with E-state index in [1.807, 2.05) is 0 Å². The summed E-state index contributed by atoms with van der Waals surface area (Å²) in [5, 5.41) is 3.10. The third-order valence-electron chi connectivity index (χ3n) is 2.67. The van der Waals surface area contributed by atoms with E-state index in [0.29, 0.717) is 18.5 Å². The fraction of sp³-hybridized carbons (Fsp3) is 0.429. The van der Waals surface area contributed by atoms with Gasteiger partial charge in [0.05, 0.1) is 5.56 Å². The number of halogens is 3. The predicted molar refractivity (Wildman–Crippen MR) is 69.3 cm³/mol. The van der Waals surface area contributed by atoms with Crippen LogP contribution in [0.25, 0.3) is 0 Å². The van der Waals surface area contributed by atoms with Crippen molar-refractivity contribution in [1.82, 2.24) is 5.32 Å². The van der Waals surface area contributed by atoms with Crippen molar-refractivity contribution < 1.29 is 13.2 Å². The lowest BCUT2D eigenvalue weighted by molar-refractivity contribution is -0.137. The summed E-state index contributed by atoms with van der Waals surface area (Å²) in [5.74, 6) is 5.64. The maximum atomic E-state index is 12.6. The number of benzene rings is 1. The number of alkyl halides is 3. The quantitative estimate of drug-likeness (QED) is 0.637. The van der Waals surface area contributed by atoms with Gasteiger partial charge >= 0.3 is 6.18 Å². The summed E-state index contributed by atoms with van der Waals surface area (Å²) in [6.45, 7) is 2.58. The SMILES string of the molecule is CC#CCCNC(CN)c1cccc(C(F)(F)F)c1. The first-order valence-electron chi connectivity index (χ1n) is 5.99. The Morgan fingerprint density at radius 2 is 2.11 bits per heavy atom. The van der Waals surface area contributed by atoms with Crippen LogP contribution in [0.2, 0.25) is 0 Å². The average molecular weight is 270 g/mol. The summed E-state index contributed by atoms with van der Waals surface area (Å²) < 4.78 is 37.9.